The van der Waals surface area contributed by atoms with E-state index in [4.69, 9.17) is 0 Å². The van der Waals surface area contributed by atoms with Crippen LogP contribution in [0.5, 0.6) is 0 Å². The molecule has 3 heterocycles. The SMILES string of the molecule is O=C1CC(NCc2cccs2)(C(=O)O)C2CCCN12. The summed E-state index contributed by atoms with van der Waals surface area (Å²) in [7, 11) is 0. The molecule has 1 amide bonds. The third-order valence-electron chi connectivity index (χ3n) is 4.11. The molecule has 2 saturated heterocycles. The van der Waals surface area contributed by atoms with Crippen LogP contribution in [0.1, 0.15) is 24.1 Å². The Bertz CT molecular complexity index is 502. The maximum absolute atomic E-state index is 12.0. The number of thiophene rings is 1. The largest absolute Gasteiger partial charge is 0.480 e. The Balaban J connectivity index is 1.83. The van der Waals surface area contributed by atoms with Gasteiger partial charge in [0.15, 0.2) is 0 Å². The van der Waals surface area contributed by atoms with Gasteiger partial charge >= 0.3 is 5.97 Å². The van der Waals surface area contributed by atoms with Crippen LogP contribution in [-0.2, 0) is 16.1 Å². The topological polar surface area (TPSA) is 69.6 Å². The molecule has 0 radical (unpaired) electrons. The Hall–Kier alpha value is -1.40. The zero-order valence-corrected chi connectivity index (χ0v) is 11.3. The summed E-state index contributed by atoms with van der Waals surface area (Å²) >= 11 is 1.59. The van der Waals surface area contributed by atoms with Gasteiger partial charge < -0.3 is 10.0 Å². The van der Waals surface area contributed by atoms with Crippen LogP contribution in [0.25, 0.3) is 0 Å². The van der Waals surface area contributed by atoms with Crippen LogP contribution in [0.2, 0.25) is 0 Å². The molecule has 2 aliphatic rings. The zero-order valence-electron chi connectivity index (χ0n) is 10.5. The lowest BCUT2D eigenvalue weighted by Gasteiger charge is -2.31. The fourth-order valence-electron chi connectivity index (χ4n) is 3.17. The first-order valence-electron chi connectivity index (χ1n) is 6.44. The first kappa shape index (κ1) is 12.6. The molecule has 2 atom stereocenters. The Morgan fingerprint density at radius 2 is 2.47 bits per heavy atom. The number of hydrogen-bond donors (Lipinski definition) is 2. The van der Waals surface area contributed by atoms with E-state index in [9.17, 15) is 14.7 Å². The summed E-state index contributed by atoms with van der Waals surface area (Å²) in [4.78, 5) is 26.5. The van der Waals surface area contributed by atoms with Crippen molar-refractivity contribution in [1.29, 1.82) is 0 Å². The maximum atomic E-state index is 12.0. The van der Waals surface area contributed by atoms with E-state index in [0.29, 0.717) is 13.1 Å². The number of nitrogens with zero attached hydrogens (tertiary/aromatic N) is 1. The third-order valence-corrected chi connectivity index (χ3v) is 4.99. The van der Waals surface area contributed by atoms with E-state index >= 15 is 0 Å². The molecule has 0 saturated carbocycles. The normalized spacial score (nSPS) is 29.8. The predicted molar refractivity (Wildman–Crippen MR) is 70.9 cm³/mol. The highest BCUT2D eigenvalue weighted by Gasteiger charge is 2.58. The van der Waals surface area contributed by atoms with E-state index in [1.807, 2.05) is 17.5 Å². The predicted octanol–water partition coefficient (Wildman–Crippen LogP) is 1.06. The first-order chi connectivity index (χ1) is 9.13. The molecule has 2 aliphatic heterocycles. The molecule has 2 unspecified atom stereocenters. The lowest BCUT2D eigenvalue weighted by Crippen LogP contribution is -2.58. The van der Waals surface area contributed by atoms with E-state index in [0.717, 1.165) is 17.7 Å². The van der Waals surface area contributed by atoms with Gasteiger partial charge in [0.25, 0.3) is 0 Å². The lowest BCUT2D eigenvalue weighted by molar-refractivity contribution is -0.146. The molecule has 0 bridgehead atoms. The molecule has 102 valence electrons. The fourth-order valence-corrected chi connectivity index (χ4v) is 3.81. The summed E-state index contributed by atoms with van der Waals surface area (Å²) in [6.07, 6.45) is 1.74. The van der Waals surface area contributed by atoms with Gasteiger partial charge in [-0.3, -0.25) is 14.9 Å². The summed E-state index contributed by atoms with van der Waals surface area (Å²) in [6.45, 7) is 1.20. The maximum Gasteiger partial charge on any atom is 0.326 e. The van der Waals surface area contributed by atoms with Crippen molar-refractivity contribution in [1.82, 2.24) is 10.2 Å². The molecule has 0 aromatic carbocycles. The molecular formula is C13H16N2O3S. The monoisotopic (exact) mass is 280 g/mol. The van der Waals surface area contributed by atoms with E-state index in [-0.39, 0.29) is 18.4 Å². The van der Waals surface area contributed by atoms with Gasteiger partial charge in [0, 0.05) is 18.0 Å². The number of hydrogen-bond acceptors (Lipinski definition) is 4. The van der Waals surface area contributed by atoms with Crippen molar-refractivity contribution in [3.05, 3.63) is 22.4 Å². The Labute approximate surface area is 115 Å². The van der Waals surface area contributed by atoms with Crippen molar-refractivity contribution >= 4 is 23.2 Å². The second kappa shape index (κ2) is 4.61. The van der Waals surface area contributed by atoms with Crippen molar-refractivity contribution in [2.24, 2.45) is 0 Å². The molecule has 3 rings (SSSR count). The van der Waals surface area contributed by atoms with Gasteiger partial charge in [-0.25, -0.2) is 0 Å². The second-order valence-electron chi connectivity index (χ2n) is 5.13. The van der Waals surface area contributed by atoms with Gasteiger partial charge in [0.2, 0.25) is 5.91 Å². The summed E-state index contributed by atoms with van der Waals surface area (Å²) in [6, 6.07) is 3.71. The van der Waals surface area contributed by atoms with Gasteiger partial charge in [0.05, 0.1) is 12.5 Å². The third kappa shape index (κ3) is 1.95. The smallest absolute Gasteiger partial charge is 0.326 e. The molecule has 1 aromatic heterocycles. The number of nitrogens with one attached hydrogen (secondary N) is 1. The molecule has 2 N–H and O–H groups in total. The molecule has 19 heavy (non-hydrogen) atoms. The van der Waals surface area contributed by atoms with Gasteiger partial charge in [-0.05, 0) is 24.3 Å². The summed E-state index contributed by atoms with van der Waals surface area (Å²) in [5, 5.41) is 14.7. The van der Waals surface area contributed by atoms with E-state index in [1.54, 1.807) is 16.2 Å². The number of carboxylic acid groups (broad SMARTS) is 1. The average Bonchev–Trinajstić information content (AvgIpc) is 3.05. The van der Waals surface area contributed by atoms with Gasteiger partial charge in [-0.15, -0.1) is 11.3 Å². The van der Waals surface area contributed by atoms with Crippen molar-refractivity contribution < 1.29 is 14.7 Å². The number of carbonyl (C=O) groups excluding carboxylic acids is 1. The minimum Gasteiger partial charge on any atom is -0.480 e. The van der Waals surface area contributed by atoms with Crippen LogP contribution in [0.4, 0.5) is 0 Å². The molecule has 1 aromatic rings. The number of amides is 1. The second-order valence-corrected chi connectivity index (χ2v) is 6.16. The minimum atomic E-state index is -1.11. The summed E-state index contributed by atoms with van der Waals surface area (Å²) in [5.74, 6) is -0.949. The van der Waals surface area contributed by atoms with Crippen molar-refractivity contribution in [2.45, 2.75) is 37.4 Å². The highest BCUT2D eigenvalue weighted by Crippen LogP contribution is 2.37. The average molecular weight is 280 g/mol. The molecule has 6 heteroatoms. The minimum absolute atomic E-state index is 0.0384. The summed E-state index contributed by atoms with van der Waals surface area (Å²) < 4.78 is 0. The lowest BCUT2D eigenvalue weighted by atomic mass is 9.88. The van der Waals surface area contributed by atoms with Gasteiger partial charge in [0.1, 0.15) is 5.54 Å². The van der Waals surface area contributed by atoms with Crippen LogP contribution >= 0.6 is 11.3 Å². The van der Waals surface area contributed by atoms with Crippen LogP contribution in [0.3, 0.4) is 0 Å². The molecule has 0 spiro atoms. The van der Waals surface area contributed by atoms with Crippen LogP contribution in [0.15, 0.2) is 17.5 Å². The highest BCUT2D eigenvalue weighted by atomic mass is 32.1. The number of aliphatic carboxylic acids is 1. The van der Waals surface area contributed by atoms with Gasteiger partial charge in [-0.1, -0.05) is 6.07 Å². The van der Waals surface area contributed by atoms with Crippen molar-refractivity contribution in [2.75, 3.05) is 6.54 Å². The van der Waals surface area contributed by atoms with E-state index < -0.39 is 11.5 Å². The first-order valence-corrected chi connectivity index (χ1v) is 7.32. The standard InChI is InChI=1S/C13H16N2O3S/c16-11-7-13(12(17)18,10-4-1-5-15(10)11)14-8-9-3-2-6-19-9/h2-3,6,10,14H,1,4-5,7-8H2,(H,17,18). The zero-order chi connectivity index (χ0) is 13.5. The highest BCUT2D eigenvalue weighted by molar-refractivity contribution is 7.09. The molecular weight excluding hydrogens is 264 g/mol. The Morgan fingerprint density at radius 1 is 1.63 bits per heavy atom. The van der Waals surface area contributed by atoms with Crippen LogP contribution < -0.4 is 5.32 Å². The quantitative estimate of drug-likeness (QED) is 0.865. The van der Waals surface area contributed by atoms with Crippen molar-refractivity contribution in [3.63, 3.8) is 0 Å². The molecule has 5 nitrogen and oxygen atoms in total. The number of carboxylic acids is 1. The fraction of sp³-hybridized carbons (Fsp3) is 0.538. The Morgan fingerprint density at radius 3 is 3.16 bits per heavy atom. The molecule has 2 fully saturated rings. The van der Waals surface area contributed by atoms with E-state index in [2.05, 4.69) is 5.32 Å². The van der Waals surface area contributed by atoms with Crippen LogP contribution in [-0.4, -0.2) is 40.0 Å². The molecule has 0 aliphatic carbocycles. The number of rotatable bonds is 4. The van der Waals surface area contributed by atoms with Crippen LogP contribution in [0, 0.1) is 0 Å². The van der Waals surface area contributed by atoms with E-state index in [1.165, 1.54) is 0 Å². The summed E-state index contributed by atoms with van der Waals surface area (Å²) in [5.41, 5.74) is -1.11. The van der Waals surface area contributed by atoms with Gasteiger partial charge in [-0.2, -0.15) is 0 Å². The number of fused-ring (bicyclic) bond motifs is 1. The van der Waals surface area contributed by atoms with Crippen molar-refractivity contribution in [3.8, 4) is 0 Å². The number of carbonyl (C=O) groups is 2. The Kier molecular flexibility index (Phi) is 3.06.